The predicted molar refractivity (Wildman–Crippen MR) is 63.2 cm³/mol. The second-order valence-electron chi connectivity index (χ2n) is 4.78. The highest BCUT2D eigenvalue weighted by molar-refractivity contribution is 6.75. The van der Waals surface area contributed by atoms with E-state index in [9.17, 15) is 0 Å². The Morgan fingerprint density at radius 3 is 1.31 bits per heavy atom. The molecule has 0 heterocycles. The normalized spacial score (nSPS) is 12.9. The Balaban J connectivity index is 4.30. The molecule has 0 rings (SSSR count). The third kappa shape index (κ3) is 4.79. The molecule has 0 aromatic rings. The summed E-state index contributed by atoms with van der Waals surface area (Å²) in [7, 11) is 2.84. The lowest BCUT2D eigenvalue weighted by molar-refractivity contribution is 0.651. The molecule has 0 aliphatic heterocycles. The summed E-state index contributed by atoms with van der Waals surface area (Å²) in [5.41, 5.74) is 0. The molecule has 2 nitrogen and oxygen atoms in total. The monoisotopic (exact) mass is 202 g/mol. The van der Waals surface area contributed by atoms with E-state index in [1.54, 1.807) is 0 Å². The fourth-order valence-corrected chi connectivity index (χ4v) is 6.03. The van der Waals surface area contributed by atoms with Crippen LogP contribution in [-0.2, 0) is 0 Å². The van der Waals surface area contributed by atoms with Gasteiger partial charge in [0.15, 0.2) is 0 Å². The van der Waals surface area contributed by atoms with Gasteiger partial charge in [-0.15, -0.1) is 0 Å². The van der Waals surface area contributed by atoms with Crippen molar-refractivity contribution in [2.45, 2.75) is 39.8 Å². The fourth-order valence-electron chi connectivity index (χ4n) is 2.01. The smallest absolute Gasteiger partial charge is 0.201 e. The minimum Gasteiger partial charge on any atom is -0.328 e. The van der Waals surface area contributed by atoms with E-state index in [0.717, 1.165) is 11.8 Å². The molecule has 0 unspecified atom stereocenters. The molecule has 13 heavy (non-hydrogen) atoms. The van der Waals surface area contributed by atoms with Crippen LogP contribution in [0.2, 0.25) is 12.1 Å². The van der Waals surface area contributed by atoms with Crippen LogP contribution in [0.3, 0.4) is 0 Å². The standard InChI is InChI=1S/C10H26N2Si/c1-9(2)7-13(11-5,12-6)8-10(3)4/h9-12H,7-8H2,1-6H3. The van der Waals surface area contributed by atoms with Gasteiger partial charge in [-0.1, -0.05) is 27.7 Å². The molecule has 0 amide bonds. The Hall–Kier alpha value is 0.137. The predicted octanol–water partition coefficient (Wildman–Crippen LogP) is 2.18. The van der Waals surface area contributed by atoms with E-state index in [4.69, 9.17) is 0 Å². The van der Waals surface area contributed by atoms with Crippen LogP contribution >= 0.6 is 0 Å². The second-order valence-corrected chi connectivity index (χ2v) is 8.76. The molecule has 2 N–H and O–H groups in total. The molecule has 0 bridgehead atoms. The summed E-state index contributed by atoms with van der Waals surface area (Å²) in [5, 5.41) is 0. The Labute approximate surface area is 84.7 Å². The van der Waals surface area contributed by atoms with Crippen molar-refractivity contribution in [1.29, 1.82) is 0 Å². The van der Waals surface area contributed by atoms with Crippen molar-refractivity contribution in [2.75, 3.05) is 14.1 Å². The molecular formula is C10H26N2Si. The number of rotatable bonds is 6. The van der Waals surface area contributed by atoms with Crippen LogP contribution in [0.4, 0.5) is 0 Å². The largest absolute Gasteiger partial charge is 0.328 e. The molecule has 0 aromatic carbocycles. The SMILES string of the molecule is CN[Si](CC(C)C)(CC(C)C)NC. The number of hydrogen-bond donors (Lipinski definition) is 2. The summed E-state index contributed by atoms with van der Waals surface area (Å²) in [6.45, 7) is 9.21. The van der Waals surface area contributed by atoms with E-state index in [2.05, 4.69) is 51.8 Å². The maximum atomic E-state index is 3.56. The van der Waals surface area contributed by atoms with E-state index >= 15 is 0 Å². The number of hydrogen-bond acceptors (Lipinski definition) is 2. The number of nitrogens with one attached hydrogen (secondary N) is 2. The van der Waals surface area contributed by atoms with Crippen LogP contribution in [0.1, 0.15) is 27.7 Å². The highest BCUT2D eigenvalue weighted by Crippen LogP contribution is 2.19. The van der Waals surface area contributed by atoms with E-state index < -0.39 is 8.40 Å². The second kappa shape index (κ2) is 5.78. The zero-order valence-electron chi connectivity index (χ0n) is 10.1. The summed E-state index contributed by atoms with van der Waals surface area (Å²) in [6, 6.07) is 2.64. The molecule has 0 atom stereocenters. The molecular weight excluding hydrogens is 176 g/mol. The van der Waals surface area contributed by atoms with Crippen molar-refractivity contribution in [3.8, 4) is 0 Å². The summed E-state index contributed by atoms with van der Waals surface area (Å²) in [4.78, 5) is 7.11. The van der Waals surface area contributed by atoms with Gasteiger partial charge in [-0.05, 0) is 38.0 Å². The molecule has 0 aliphatic carbocycles. The highest BCUT2D eigenvalue weighted by Gasteiger charge is 2.31. The molecule has 3 heteroatoms. The molecule has 0 radical (unpaired) electrons. The molecule has 0 aliphatic rings. The Bertz CT molecular complexity index is 119. The first-order valence-corrected chi connectivity index (χ1v) is 7.75. The van der Waals surface area contributed by atoms with Gasteiger partial charge in [0.05, 0.1) is 0 Å². The molecule has 80 valence electrons. The summed E-state index contributed by atoms with van der Waals surface area (Å²) < 4.78 is 0. The van der Waals surface area contributed by atoms with Gasteiger partial charge in [-0.25, -0.2) is 0 Å². The van der Waals surface area contributed by atoms with Crippen LogP contribution in [0.15, 0.2) is 0 Å². The van der Waals surface area contributed by atoms with E-state index in [1.165, 1.54) is 12.1 Å². The van der Waals surface area contributed by atoms with Gasteiger partial charge in [-0.2, -0.15) is 0 Å². The fraction of sp³-hybridized carbons (Fsp3) is 1.00. The van der Waals surface area contributed by atoms with Crippen LogP contribution in [-0.4, -0.2) is 22.5 Å². The Morgan fingerprint density at radius 2 is 1.15 bits per heavy atom. The van der Waals surface area contributed by atoms with Crippen LogP contribution in [0, 0.1) is 11.8 Å². The van der Waals surface area contributed by atoms with Gasteiger partial charge in [-0.3, -0.25) is 0 Å². The third-order valence-corrected chi connectivity index (χ3v) is 7.41. The van der Waals surface area contributed by atoms with Gasteiger partial charge >= 0.3 is 0 Å². The van der Waals surface area contributed by atoms with E-state index in [0.29, 0.717) is 0 Å². The molecule has 0 spiro atoms. The van der Waals surface area contributed by atoms with E-state index in [1.807, 2.05) is 0 Å². The van der Waals surface area contributed by atoms with Crippen LogP contribution in [0.25, 0.3) is 0 Å². The molecule has 0 fully saturated rings. The first-order valence-electron chi connectivity index (χ1n) is 5.33. The lowest BCUT2D eigenvalue weighted by Gasteiger charge is -2.33. The maximum absolute atomic E-state index is 3.56. The molecule has 0 aromatic heterocycles. The Morgan fingerprint density at radius 1 is 0.846 bits per heavy atom. The first-order chi connectivity index (χ1) is 5.95. The zero-order valence-corrected chi connectivity index (χ0v) is 11.1. The van der Waals surface area contributed by atoms with Gasteiger partial charge in [0.2, 0.25) is 8.40 Å². The highest BCUT2D eigenvalue weighted by atomic mass is 28.3. The molecule has 0 saturated heterocycles. The van der Waals surface area contributed by atoms with Crippen molar-refractivity contribution in [1.82, 2.24) is 9.96 Å². The first kappa shape index (κ1) is 13.1. The van der Waals surface area contributed by atoms with Crippen molar-refractivity contribution in [2.24, 2.45) is 11.8 Å². The minimum atomic E-state index is -1.37. The maximum Gasteiger partial charge on any atom is 0.201 e. The lowest BCUT2D eigenvalue weighted by atomic mass is 10.3. The summed E-state index contributed by atoms with van der Waals surface area (Å²) in [6.07, 6.45) is 0. The average molecular weight is 202 g/mol. The van der Waals surface area contributed by atoms with Crippen molar-refractivity contribution < 1.29 is 0 Å². The minimum absolute atomic E-state index is 0.783. The average Bonchev–Trinajstić information content (AvgIpc) is 2.01. The van der Waals surface area contributed by atoms with Crippen LogP contribution < -0.4 is 9.96 Å². The van der Waals surface area contributed by atoms with Crippen LogP contribution in [0.5, 0.6) is 0 Å². The van der Waals surface area contributed by atoms with Gasteiger partial charge < -0.3 is 9.96 Å². The third-order valence-electron chi connectivity index (χ3n) is 2.47. The van der Waals surface area contributed by atoms with Crippen molar-refractivity contribution >= 4 is 8.40 Å². The lowest BCUT2D eigenvalue weighted by Crippen LogP contribution is -2.60. The quantitative estimate of drug-likeness (QED) is 0.645. The van der Waals surface area contributed by atoms with E-state index in [-0.39, 0.29) is 0 Å². The Kier molecular flexibility index (Phi) is 5.84. The topological polar surface area (TPSA) is 24.1 Å². The van der Waals surface area contributed by atoms with Gasteiger partial charge in [0.25, 0.3) is 0 Å². The van der Waals surface area contributed by atoms with Crippen molar-refractivity contribution in [3.05, 3.63) is 0 Å². The summed E-state index contributed by atoms with van der Waals surface area (Å²) >= 11 is 0. The summed E-state index contributed by atoms with van der Waals surface area (Å²) in [5.74, 6) is 1.57. The van der Waals surface area contributed by atoms with Gasteiger partial charge in [0.1, 0.15) is 0 Å². The van der Waals surface area contributed by atoms with Crippen molar-refractivity contribution in [3.63, 3.8) is 0 Å². The zero-order chi connectivity index (χ0) is 10.5. The molecule has 0 saturated carbocycles. The van der Waals surface area contributed by atoms with Gasteiger partial charge in [0, 0.05) is 0 Å².